The third-order valence-electron chi connectivity index (χ3n) is 11.2. The van der Waals surface area contributed by atoms with E-state index in [1.54, 1.807) is 6.08 Å². The number of ether oxygens (including phenoxy) is 2. The molecule has 8 atom stereocenters. The summed E-state index contributed by atoms with van der Waals surface area (Å²) in [5, 5.41) is 26.0. The Balaban J connectivity index is 1.42. The molecule has 2 bridgehead atoms. The minimum absolute atomic E-state index is 0.0679. The van der Waals surface area contributed by atoms with Crippen LogP contribution >= 0.6 is 0 Å². The van der Waals surface area contributed by atoms with E-state index in [1.807, 2.05) is 20.8 Å². The van der Waals surface area contributed by atoms with Crippen LogP contribution in [0.25, 0.3) is 0 Å². The van der Waals surface area contributed by atoms with E-state index < -0.39 is 59.8 Å². The van der Waals surface area contributed by atoms with E-state index in [1.165, 1.54) is 25.3 Å². The van der Waals surface area contributed by atoms with Gasteiger partial charge in [-0.15, -0.1) is 6.58 Å². The lowest BCUT2D eigenvalue weighted by Gasteiger charge is -2.61. The number of benzene rings is 1. The van der Waals surface area contributed by atoms with Crippen molar-refractivity contribution in [3.05, 3.63) is 36.2 Å². The number of nitrogens with zero attached hydrogens (tertiary/aromatic N) is 2. The number of hydrazone groups is 1. The van der Waals surface area contributed by atoms with Gasteiger partial charge in [0.05, 0.1) is 12.3 Å². The van der Waals surface area contributed by atoms with Gasteiger partial charge in [0.25, 0.3) is 0 Å². The Bertz CT molecular complexity index is 1350. The van der Waals surface area contributed by atoms with Crippen molar-refractivity contribution in [3.63, 3.8) is 0 Å². The van der Waals surface area contributed by atoms with E-state index >= 15 is 4.39 Å². The largest absolute Gasteiger partial charge is 0.479 e. The van der Waals surface area contributed by atoms with Crippen molar-refractivity contribution in [3.8, 4) is 5.75 Å². The standard InChI is InChI=1S/C31H40BFN2O7/c1-7-29(5)14-23(30(6)17(2)10-12-31(18(3)28(29)39)13-11-21(37)27(30)31)42-24(38)16-41-22-9-8-20-15-34-35(19(4)36)32(40)25(20)26(22)33/h7-9,15,17-18,23,27-28,39-40H,1,10-14,16H2,2-6H3/t17-,18-,23+,27-,28-,29+,30-,31-/m0/s1. The highest BCUT2D eigenvalue weighted by Gasteiger charge is 2.68. The van der Waals surface area contributed by atoms with Crippen LogP contribution in [-0.4, -0.2) is 64.8 Å². The van der Waals surface area contributed by atoms with Crippen LogP contribution in [0.2, 0.25) is 0 Å². The predicted molar refractivity (Wildman–Crippen MR) is 154 cm³/mol. The molecule has 0 saturated heterocycles. The minimum Gasteiger partial charge on any atom is -0.479 e. The number of carbonyl (C=O) groups is 3. The number of Topliss-reactive ketones (excluding diaryl/α,β-unsaturated/α-hetero) is 1. The normalized spacial score (nSPS) is 37.3. The fourth-order valence-corrected chi connectivity index (χ4v) is 8.47. The molecule has 3 fully saturated rings. The summed E-state index contributed by atoms with van der Waals surface area (Å²) in [4.78, 5) is 39.4. The van der Waals surface area contributed by atoms with Crippen LogP contribution < -0.4 is 10.2 Å². The molecule has 3 aliphatic carbocycles. The summed E-state index contributed by atoms with van der Waals surface area (Å²) < 4.78 is 27.1. The maximum Gasteiger partial charge on any atom is 0.477 e. The molecule has 2 N–H and O–H groups in total. The molecule has 3 saturated carbocycles. The molecule has 42 heavy (non-hydrogen) atoms. The molecule has 1 amide bonds. The topological polar surface area (TPSA) is 126 Å². The molecule has 226 valence electrons. The Hall–Kier alpha value is -3.05. The van der Waals surface area contributed by atoms with Crippen molar-refractivity contribution in [2.24, 2.45) is 39.1 Å². The molecule has 1 aliphatic heterocycles. The highest BCUT2D eigenvalue weighted by Crippen LogP contribution is 2.68. The third-order valence-corrected chi connectivity index (χ3v) is 11.2. The molecule has 1 heterocycles. The number of aliphatic hydroxyl groups is 1. The van der Waals surface area contributed by atoms with Crippen LogP contribution in [0.1, 0.15) is 72.3 Å². The first-order valence-corrected chi connectivity index (χ1v) is 14.7. The number of carbonyl (C=O) groups excluding carboxylic acids is 3. The second kappa shape index (κ2) is 10.6. The van der Waals surface area contributed by atoms with Crippen LogP contribution in [0.3, 0.4) is 0 Å². The van der Waals surface area contributed by atoms with E-state index in [9.17, 15) is 24.5 Å². The quantitative estimate of drug-likeness (QED) is 0.311. The average Bonchev–Trinajstić information content (AvgIpc) is 3.30. The molecule has 5 rings (SSSR count). The van der Waals surface area contributed by atoms with Gasteiger partial charge in [-0.1, -0.05) is 33.8 Å². The number of halogens is 1. The monoisotopic (exact) mass is 582 g/mol. The van der Waals surface area contributed by atoms with Gasteiger partial charge in [-0.25, -0.2) is 14.1 Å². The third kappa shape index (κ3) is 4.42. The zero-order chi connectivity index (χ0) is 30.8. The van der Waals surface area contributed by atoms with Gasteiger partial charge in [0, 0.05) is 35.6 Å². The molecule has 0 unspecified atom stereocenters. The van der Waals surface area contributed by atoms with Crippen LogP contribution in [0, 0.1) is 39.8 Å². The lowest BCUT2D eigenvalue weighted by molar-refractivity contribution is -0.207. The van der Waals surface area contributed by atoms with Crippen molar-refractivity contribution in [1.29, 1.82) is 0 Å². The maximum atomic E-state index is 15.4. The molecule has 4 aliphatic rings. The molecule has 9 nitrogen and oxygen atoms in total. The van der Waals surface area contributed by atoms with Gasteiger partial charge in [0.15, 0.2) is 18.2 Å². The first kappa shape index (κ1) is 30.4. The first-order valence-electron chi connectivity index (χ1n) is 14.7. The zero-order valence-corrected chi connectivity index (χ0v) is 24.9. The molecule has 11 heteroatoms. The Morgan fingerprint density at radius 2 is 2.00 bits per heavy atom. The molecule has 1 aromatic rings. The fraction of sp³-hybridized carbons (Fsp3) is 0.613. The van der Waals surface area contributed by atoms with Crippen LogP contribution in [-0.2, 0) is 19.1 Å². The van der Waals surface area contributed by atoms with Gasteiger partial charge in [-0.05, 0) is 60.6 Å². The Labute approximate surface area is 246 Å². The van der Waals surface area contributed by atoms with Crippen LogP contribution in [0.15, 0.2) is 29.9 Å². The number of hydrogen-bond acceptors (Lipinski definition) is 8. The van der Waals surface area contributed by atoms with E-state index in [-0.39, 0.29) is 46.7 Å². The van der Waals surface area contributed by atoms with Crippen molar-refractivity contribution in [2.75, 3.05) is 6.61 Å². The lowest BCUT2D eigenvalue weighted by Crippen LogP contribution is -2.63. The van der Waals surface area contributed by atoms with Crippen molar-refractivity contribution in [1.82, 2.24) is 4.92 Å². The van der Waals surface area contributed by atoms with Gasteiger partial charge in [0.2, 0.25) is 5.91 Å². The summed E-state index contributed by atoms with van der Waals surface area (Å²) in [6, 6.07) is 2.80. The van der Waals surface area contributed by atoms with E-state index in [2.05, 4.69) is 18.6 Å². The number of rotatable bonds is 5. The Morgan fingerprint density at radius 3 is 2.67 bits per heavy atom. The molecule has 0 radical (unpaired) electrons. The van der Waals surface area contributed by atoms with Crippen molar-refractivity contribution < 1.29 is 38.4 Å². The maximum absolute atomic E-state index is 15.4. The number of hydrogen-bond donors (Lipinski definition) is 2. The average molecular weight is 582 g/mol. The molecular formula is C31H40BFN2O7. The summed E-state index contributed by atoms with van der Waals surface area (Å²) in [7, 11) is -1.64. The second-order valence-electron chi connectivity index (χ2n) is 13.2. The Morgan fingerprint density at radius 1 is 1.29 bits per heavy atom. The number of ketones is 1. The SMILES string of the molecule is C=C[C@]1(C)C[C@@H](OC(=O)COc2ccc3c(c2F)B(O)N(C(C)=O)N=C3)[C@@]2(C)[C@@H]3C(=O)CC[C@@]3(CC[C@@H]2C)[C@@H](C)[C@@H]1O. The highest BCUT2D eigenvalue weighted by molar-refractivity contribution is 6.67. The summed E-state index contributed by atoms with van der Waals surface area (Å²) in [6.45, 7) is 12.7. The lowest BCUT2D eigenvalue weighted by atomic mass is 9.44. The molecule has 1 aromatic carbocycles. The predicted octanol–water partition coefficient (Wildman–Crippen LogP) is 2.99. The summed E-state index contributed by atoms with van der Waals surface area (Å²) in [6.07, 6.45) is 4.56. The number of aliphatic hydroxyl groups excluding tert-OH is 1. The molecular weight excluding hydrogens is 542 g/mol. The van der Waals surface area contributed by atoms with Crippen molar-refractivity contribution in [2.45, 2.75) is 78.9 Å². The van der Waals surface area contributed by atoms with Crippen molar-refractivity contribution >= 4 is 36.4 Å². The molecule has 0 spiro atoms. The van der Waals surface area contributed by atoms with E-state index in [4.69, 9.17) is 9.47 Å². The second-order valence-corrected chi connectivity index (χ2v) is 13.2. The van der Waals surface area contributed by atoms with Gasteiger partial charge in [0.1, 0.15) is 11.9 Å². The van der Waals surface area contributed by atoms with Gasteiger partial charge in [-0.3, -0.25) is 9.59 Å². The first-order chi connectivity index (χ1) is 19.7. The summed E-state index contributed by atoms with van der Waals surface area (Å²) in [5.41, 5.74) is -1.76. The Kier molecular flexibility index (Phi) is 7.67. The molecule has 0 aromatic heterocycles. The number of amides is 1. The number of fused-ring (bicyclic) bond motifs is 1. The van der Waals surface area contributed by atoms with Crippen LogP contribution in [0.4, 0.5) is 4.39 Å². The highest BCUT2D eigenvalue weighted by atomic mass is 19.1. The summed E-state index contributed by atoms with van der Waals surface area (Å²) >= 11 is 0. The van der Waals surface area contributed by atoms with Crippen LogP contribution in [0.5, 0.6) is 5.75 Å². The zero-order valence-electron chi connectivity index (χ0n) is 24.9. The van der Waals surface area contributed by atoms with Gasteiger partial charge < -0.3 is 19.6 Å². The fourth-order valence-electron chi connectivity index (χ4n) is 8.47. The number of esters is 1. The van der Waals surface area contributed by atoms with E-state index in [0.717, 1.165) is 17.8 Å². The minimum atomic E-state index is -1.64. The van der Waals surface area contributed by atoms with Gasteiger partial charge in [-0.2, -0.15) is 5.10 Å². The van der Waals surface area contributed by atoms with Gasteiger partial charge >= 0.3 is 13.0 Å². The smallest absolute Gasteiger partial charge is 0.477 e. The van der Waals surface area contributed by atoms with E-state index in [0.29, 0.717) is 12.8 Å². The summed E-state index contributed by atoms with van der Waals surface area (Å²) in [5.74, 6) is -2.80.